The molecule has 4 aliphatic rings. The molecule has 146 valence electrons. The van der Waals surface area contributed by atoms with Crippen LogP contribution in [-0.4, -0.2) is 55.4 Å². The lowest BCUT2D eigenvalue weighted by atomic mass is 9.56. The van der Waals surface area contributed by atoms with E-state index >= 15 is 0 Å². The number of benzene rings is 1. The lowest BCUT2D eigenvalue weighted by molar-refractivity contribution is -0.141. The molecule has 2 aliphatic carbocycles. The number of rotatable bonds is 4. The summed E-state index contributed by atoms with van der Waals surface area (Å²) in [6.45, 7) is 4.15. The van der Waals surface area contributed by atoms with Gasteiger partial charge < -0.3 is 14.7 Å². The van der Waals surface area contributed by atoms with E-state index in [9.17, 15) is 14.7 Å². The Labute approximate surface area is 164 Å². The van der Waals surface area contributed by atoms with Crippen LogP contribution in [0.5, 0.6) is 0 Å². The molecule has 6 heteroatoms. The van der Waals surface area contributed by atoms with Crippen molar-refractivity contribution in [2.45, 2.75) is 11.5 Å². The third-order valence-electron chi connectivity index (χ3n) is 7.55. The molecule has 1 saturated heterocycles. The summed E-state index contributed by atoms with van der Waals surface area (Å²) >= 11 is 0. The van der Waals surface area contributed by atoms with Crippen LogP contribution in [0.25, 0.3) is 0 Å². The van der Waals surface area contributed by atoms with Gasteiger partial charge in [-0.1, -0.05) is 36.4 Å². The smallest absolute Gasteiger partial charge is 0.243 e. The highest BCUT2D eigenvalue weighted by molar-refractivity contribution is 6.11. The van der Waals surface area contributed by atoms with Crippen molar-refractivity contribution in [1.82, 2.24) is 4.90 Å². The normalized spacial score (nSPS) is 40.0. The maximum Gasteiger partial charge on any atom is 0.243 e. The predicted molar refractivity (Wildman–Crippen MR) is 103 cm³/mol. The molecule has 0 aromatic heterocycles. The van der Waals surface area contributed by atoms with E-state index in [1.807, 2.05) is 36.4 Å². The number of fused-ring (bicyclic) bond motifs is 2. The molecule has 0 radical (unpaired) electrons. The minimum Gasteiger partial charge on any atom is -0.396 e. The van der Waals surface area contributed by atoms with Crippen molar-refractivity contribution in [1.29, 1.82) is 0 Å². The van der Waals surface area contributed by atoms with Crippen molar-refractivity contribution in [2.75, 3.05) is 32.4 Å². The Morgan fingerprint density at radius 3 is 2.71 bits per heavy atom. The van der Waals surface area contributed by atoms with Gasteiger partial charge in [0, 0.05) is 44.6 Å². The van der Waals surface area contributed by atoms with Crippen LogP contribution in [0, 0.1) is 23.2 Å². The number of para-hydroxylation sites is 1. The fourth-order valence-corrected chi connectivity index (χ4v) is 6.64. The molecule has 5 rings (SSSR count). The van der Waals surface area contributed by atoms with Crippen molar-refractivity contribution in [2.24, 2.45) is 23.2 Å². The maximum absolute atomic E-state index is 13.9. The van der Waals surface area contributed by atoms with Crippen LogP contribution < -0.4 is 4.90 Å². The molecule has 2 aliphatic heterocycles. The molecule has 1 saturated carbocycles. The summed E-state index contributed by atoms with van der Waals surface area (Å²) in [6, 6.07) is 7.50. The molecule has 1 N–H and O–H groups in total. The van der Waals surface area contributed by atoms with Crippen molar-refractivity contribution in [3.05, 3.63) is 54.6 Å². The van der Waals surface area contributed by atoms with E-state index in [2.05, 4.69) is 6.58 Å². The van der Waals surface area contributed by atoms with E-state index in [1.165, 1.54) is 0 Å². The Kier molecular flexibility index (Phi) is 3.50. The van der Waals surface area contributed by atoms with Gasteiger partial charge in [-0.05, 0) is 11.6 Å². The van der Waals surface area contributed by atoms with Gasteiger partial charge in [0.1, 0.15) is 12.1 Å². The number of carbonyl (C=O) groups is 2. The quantitative estimate of drug-likeness (QED) is 0.800. The van der Waals surface area contributed by atoms with Crippen LogP contribution in [0.4, 0.5) is 5.69 Å². The number of amides is 2. The number of hydrogen-bond acceptors (Lipinski definition) is 4. The summed E-state index contributed by atoms with van der Waals surface area (Å²) < 4.78 is 5.32. The Hall–Kier alpha value is -2.44. The molecule has 0 unspecified atom stereocenters. The summed E-state index contributed by atoms with van der Waals surface area (Å²) in [6.07, 6.45) is 5.70. The fraction of sp³-hybridized carbons (Fsp3) is 0.455. The van der Waals surface area contributed by atoms with Crippen LogP contribution in [-0.2, 0) is 19.7 Å². The molecule has 1 spiro atoms. The second-order valence-corrected chi connectivity index (χ2v) is 8.29. The number of carbonyl (C=O) groups excluding carboxylic acids is 2. The molecule has 6 nitrogen and oxygen atoms in total. The number of hydrogen-bond donors (Lipinski definition) is 1. The Morgan fingerprint density at radius 1 is 1.29 bits per heavy atom. The fourth-order valence-electron chi connectivity index (χ4n) is 6.64. The van der Waals surface area contributed by atoms with E-state index in [0.717, 1.165) is 11.3 Å². The maximum atomic E-state index is 13.9. The van der Waals surface area contributed by atoms with Crippen molar-refractivity contribution < 1.29 is 19.4 Å². The van der Waals surface area contributed by atoms with Crippen LogP contribution in [0.1, 0.15) is 5.56 Å². The van der Waals surface area contributed by atoms with Crippen LogP contribution in [0.15, 0.2) is 49.1 Å². The van der Waals surface area contributed by atoms with Gasteiger partial charge in [0.2, 0.25) is 11.8 Å². The highest BCUT2D eigenvalue weighted by Gasteiger charge is 2.78. The highest BCUT2D eigenvalue weighted by atomic mass is 16.5. The second-order valence-electron chi connectivity index (χ2n) is 8.29. The van der Waals surface area contributed by atoms with Crippen LogP contribution in [0.2, 0.25) is 0 Å². The first-order valence-electron chi connectivity index (χ1n) is 9.62. The Balaban J connectivity index is 1.80. The van der Waals surface area contributed by atoms with Crippen molar-refractivity contribution in [3.8, 4) is 0 Å². The van der Waals surface area contributed by atoms with E-state index in [-0.39, 0.29) is 48.9 Å². The molecular formula is C22H24N2O4. The third kappa shape index (κ3) is 1.60. The molecular weight excluding hydrogens is 356 g/mol. The number of nitrogens with zero attached hydrogens (tertiary/aromatic N) is 2. The van der Waals surface area contributed by atoms with E-state index in [4.69, 9.17) is 4.74 Å². The van der Waals surface area contributed by atoms with Crippen molar-refractivity contribution in [3.63, 3.8) is 0 Å². The van der Waals surface area contributed by atoms with E-state index in [0.29, 0.717) is 0 Å². The standard InChI is InChI=1S/C22H24N2O4/c1-4-21-14-9-10-22(18(21)17(13(14)11-25)23(2)19(21)26)15-7-5-6-8-16(15)24(12-28-3)20(22)27/h4-10,13-14,17-18,25H,1,11-12H2,2-3H3/t13-,14+,17+,18-,21-,22+/m0/s1. The van der Waals surface area contributed by atoms with Gasteiger partial charge >= 0.3 is 0 Å². The molecule has 2 heterocycles. The largest absolute Gasteiger partial charge is 0.396 e. The molecule has 2 fully saturated rings. The average Bonchev–Trinajstić information content (AvgIpc) is 3.17. The summed E-state index contributed by atoms with van der Waals surface area (Å²) in [5.74, 6) is -0.647. The number of piperidine rings is 1. The molecule has 1 aromatic carbocycles. The molecule has 1 aromatic rings. The number of aliphatic hydroxyl groups excluding tert-OH is 1. The van der Waals surface area contributed by atoms with Gasteiger partial charge in [0.15, 0.2) is 0 Å². The zero-order valence-electron chi connectivity index (χ0n) is 16.0. The van der Waals surface area contributed by atoms with Crippen LogP contribution in [0.3, 0.4) is 0 Å². The number of likely N-dealkylation sites (tertiary alicyclic amines) is 1. The molecule has 28 heavy (non-hydrogen) atoms. The predicted octanol–water partition coefficient (Wildman–Crippen LogP) is 1.31. The molecule has 6 atom stereocenters. The summed E-state index contributed by atoms with van der Waals surface area (Å²) in [7, 11) is 3.35. The monoisotopic (exact) mass is 380 g/mol. The number of allylic oxidation sites excluding steroid dienone is 1. The van der Waals surface area contributed by atoms with E-state index < -0.39 is 10.8 Å². The van der Waals surface area contributed by atoms with Gasteiger partial charge in [-0.15, -0.1) is 6.58 Å². The molecule has 4 bridgehead atoms. The third-order valence-corrected chi connectivity index (χ3v) is 7.55. The summed E-state index contributed by atoms with van der Waals surface area (Å²) in [5, 5.41) is 10.2. The number of aliphatic hydroxyl groups is 1. The summed E-state index contributed by atoms with van der Waals surface area (Å²) in [5.41, 5.74) is -0.129. The molecule has 2 amide bonds. The number of anilines is 1. The van der Waals surface area contributed by atoms with Gasteiger partial charge in [-0.3, -0.25) is 14.5 Å². The van der Waals surface area contributed by atoms with Gasteiger partial charge in [0.05, 0.1) is 11.1 Å². The summed E-state index contributed by atoms with van der Waals surface area (Å²) in [4.78, 5) is 30.6. The van der Waals surface area contributed by atoms with Gasteiger partial charge in [-0.25, -0.2) is 0 Å². The van der Waals surface area contributed by atoms with E-state index in [1.54, 1.807) is 30.0 Å². The first-order valence-corrected chi connectivity index (χ1v) is 9.62. The SMILES string of the molecule is C=C[C@]12C(=O)N(C)[C@@H]3[C@@H](CO)[C@H]1C=C[C@]1(C(=O)N(COC)c4ccccc41)[C@@H]32. The average molecular weight is 380 g/mol. The Morgan fingerprint density at radius 2 is 2.04 bits per heavy atom. The number of methoxy groups -OCH3 is 1. The van der Waals surface area contributed by atoms with Crippen LogP contribution >= 0.6 is 0 Å². The van der Waals surface area contributed by atoms with Gasteiger partial charge in [0.25, 0.3) is 0 Å². The zero-order chi connectivity index (χ0) is 19.8. The first kappa shape index (κ1) is 17.6. The lowest BCUT2D eigenvalue weighted by Crippen LogP contribution is -2.53. The minimum absolute atomic E-state index is 0.00797. The first-order chi connectivity index (χ1) is 13.5. The highest BCUT2D eigenvalue weighted by Crippen LogP contribution is 2.70. The van der Waals surface area contributed by atoms with Crippen molar-refractivity contribution >= 4 is 17.5 Å². The van der Waals surface area contributed by atoms with Gasteiger partial charge in [-0.2, -0.15) is 0 Å². The minimum atomic E-state index is -0.963. The lowest BCUT2D eigenvalue weighted by Gasteiger charge is -2.43. The Bertz CT molecular complexity index is 927. The number of ether oxygens (including phenoxy) is 1. The topological polar surface area (TPSA) is 70.1 Å². The second kappa shape index (κ2) is 5.55. The zero-order valence-corrected chi connectivity index (χ0v) is 16.0.